The Morgan fingerprint density at radius 3 is 2.47 bits per heavy atom. The highest BCUT2D eigenvalue weighted by molar-refractivity contribution is 5.90. The van der Waals surface area contributed by atoms with Gasteiger partial charge in [0, 0.05) is 5.69 Å². The molecule has 0 radical (unpaired) electrons. The van der Waals surface area contributed by atoms with Crippen LogP contribution in [0.15, 0.2) is 24.3 Å². The first-order chi connectivity index (χ1) is 8.93. The van der Waals surface area contributed by atoms with Gasteiger partial charge in [0.15, 0.2) is 0 Å². The molecule has 1 aliphatic rings. The summed E-state index contributed by atoms with van der Waals surface area (Å²) >= 11 is 0. The maximum Gasteiger partial charge on any atom is 0.414 e. The second-order valence-electron chi connectivity index (χ2n) is 5.97. The monoisotopic (exact) mass is 262 g/mol. The van der Waals surface area contributed by atoms with Gasteiger partial charge in [0.2, 0.25) is 0 Å². The van der Waals surface area contributed by atoms with E-state index in [4.69, 9.17) is 10.5 Å². The molecular formula is C15H22N2O2. The summed E-state index contributed by atoms with van der Waals surface area (Å²) in [6.07, 6.45) is 0.481. The van der Waals surface area contributed by atoms with Crippen molar-refractivity contribution < 1.29 is 9.53 Å². The lowest BCUT2D eigenvalue weighted by Crippen LogP contribution is -2.35. The summed E-state index contributed by atoms with van der Waals surface area (Å²) in [4.78, 5) is 13.5. The van der Waals surface area contributed by atoms with Crippen LogP contribution in [-0.2, 0) is 10.2 Å². The third kappa shape index (κ3) is 2.89. The predicted octanol–water partition coefficient (Wildman–Crippen LogP) is 2.66. The number of cyclic esters (lactones) is 1. The minimum Gasteiger partial charge on any atom is -0.447 e. The van der Waals surface area contributed by atoms with Gasteiger partial charge in [-0.1, -0.05) is 32.9 Å². The molecule has 1 atom stereocenters. The number of nitrogens with two attached hydrogens (primary N) is 1. The summed E-state index contributed by atoms with van der Waals surface area (Å²) < 4.78 is 5.11. The van der Waals surface area contributed by atoms with Gasteiger partial charge in [-0.3, -0.25) is 4.90 Å². The minimum absolute atomic E-state index is 0.0537. The van der Waals surface area contributed by atoms with Crippen LogP contribution in [0, 0.1) is 0 Å². The molecule has 0 aromatic heterocycles. The molecule has 1 fully saturated rings. The third-order valence-corrected chi connectivity index (χ3v) is 3.47. The zero-order valence-electron chi connectivity index (χ0n) is 11.8. The van der Waals surface area contributed by atoms with Crippen molar-refractivity contribution in [1.29, 1.82) is 0 Å². The molecule has 1 heterocycles. The van der Waals surface area contributed by atoms with Gasteiger partial charge < -0.3 is 10.5 Å². The van der Waals surface area contributed by atoms with Crippen LogP contribution in [0.5, 0.6) is 0 Å². The van der Waals surface area contributed by atoms with Crippen molar-refractivity contribution in [2.75, 3.05) is 18.1 Å². The van der Waals surface area contributed by atoms with Gasteiger partial charge in [0.1, 0.15) is 6.61 Å². The number of carbonyl (C=O) groups excluding carboxylic acids is 1. The highest BCUT2D eigenvalue weighted by Crippen LogP contribution is 2.28. The molecular weight excluding hydrogens is 240 g/mol. The Balaban J connectivity index is 2.23. The van der Waals surface area contributed by atoms with Crippen LogP contribution < -0.4 is 10.6 Å². The van der Waals surface area contributed by atoms with E-state index in [1.165, 1.54) is 5.56 Å². The van der Waals surface area contributed by atoms with Crippen LogP contribution in [0.2, 0.25) is 0 Å². The van der Waals surface area contributed by atoms with Gasteiger partial charge in [-0.2, -0.15) is 0 Å². The zero-order valence-corrected chi connectivity index (χ0v) is 11.8. The van der Waals surface area contributed by atoms with Crippen molar-refractivity contribution in [3.05, 3.63) is 29.8 Å². The fraction of sp³-hybridized carbons (Fsp3) is 0.533. The number of hydrogen-bond acceptors (Lipinski definition) is 3. The highest BCUT2D eigenvalue weighted by atomic mass is 16.6. The molecule has 2 N–H and O–H groups in total. The lowest BCUT2D eigenvalue weighted by atomic mass is 9.87. The van der Waals surface area contributed by atoms with Crippen molar-refractivity contribution in [3.63, 3.8) is 0 Å². The first-order valence-corrected chi connectivity index (χ1v) is 6.70. The van der Waals surface area contributed by atoms with E-state index in [1.54, 1.807) is 4.90 Å². The molecule has 4 heteroatoms. The maximum absolute atomic E-state index is 11.8. The number of hydrogen-bond donors (Lipinski definition) is 1. The minimum atomic E-state index is -0.276. The molecule has 1 aromatic rings. The van der Waals surface area contributed by atoms with E-state index in [0.29, 0.717) is 13.2 Å². The topological polar surface area (TPSA) is 55.6 Å². The number of carbonyl (C=O) groups is 1. The molecule has 1 saturated heterocycles. The molecule has 19 heavy (non-hydrogen) atoms. The summed E-state index contributed by atoms with van der Waals surface area (Å²) in [6, 6.07) is 8.16. The van der Waals surface area contributed by atoms with E-state index < -0.39 is 0 Å². The van der Waals surface area contributed by atoms with Gasteiger partial charge in [0.25, 0.3) is 0 Å². The number of rotatable bonds is 3. The van der Waals surface area contributed by atoms with Crippen LogP contribution in [0.4, 0.5) is 10.5 Å². The average molecular weight is 262 g/mol. The summed E-state index contributed by atoms with van der Waals surface area (Å²) in [5.41, 5.74) is 7.83. The number of anilines is 1. The predicted molar refractivity (Wildman–Crippen MR) is 76.4 cm³/mol. The molecule has 1 amide bonds. The van der Waals surface area contributed by atoms with Crippen molar-refractivity contribution in [1.82, 2.24) is 0 Å². The van der Waals surface area contributed by atoms with Crippen LogP contribution in [0.1, 0.15) is 32.8 Å². The molecule has 2 rings (SSSR count). The Hall–Kier alpha value is -1.55. The summed E-state index contributed by atoms with van der Waals surface area (Å²) in [7, 11) is 0. The number of amides is 1. The van der Waals surface area contributed by atoms with E-state index in [2.05, 4.69) is 32.9 Å². The summed E-state index contributed by atoms with van der Waals surface area (Å²) in [5, 5.41) is 0. The SMILES string of the molecule is CC(C)(C)c1ccc(N2C(=O)OCC2CCN)cc1. The Kier molecular flexibility index (Phi) is 3.80. The number of nitrogens with zero attached hydrogens (tertiary/aromatic N) is 1. The van der Waals surface area contributed by atoms with E-state index >= 15 is 0 Å². The number of benzene rings is 1. The largest absolute Gasteiger partial charge is 0.447 e. The van der Waals surface area contributed by atoms with Gasteiger partial charge >= 0.3 is 6.09 Å². The van der Waals surface area contributed by atoms with Gasteiger partial charge in [-0.15, -0.1) is 0 Å². The van der Waals surface area contributed by atoms with E-state index in [0.717, 1.165) is 12.1 Å². The molecule has 0 aliphatic carbocycles. The first kappa shape index (κ1) is 13.9. The second kappa shape index (κ2) is 5.21. The van der Waals surface area contributed by atoms with Crippen molar-refractivity contribution in [2.45, 2.75) is 38.6 Å². The Bertz CT molecular complexity index is 448. The number of ether oxygens (including phenoxy) is 1. The fourth-order valence-electron chi connectivity index (χ4n) is 2.30. The Morgan fingerprint density at radius 2 is 1.95 bits per heavy atom. The molecule has 1 unspecified atom stereocenters. The molecule has 0 saturated carbocycles. The average Bonchev–Trinajstić information content (AvgIpc) is 2.70. The van der Waals surface area contributed by atoms with Crippen LogP contribution in [0.3, 0.4) is 0 Å². The fourth-order valence-corrected chi connectivity index (χ4v) is 2.30. The summed E-state index contributed by atoms with van der Waals surface area (Å²) in [5.74, 6) is 0. The Labute approximate surface area is 114 Å². The van der Waals surface area contributed by atoms with Crippen molar-refractivity contribution in [3.8, 4) is 0 Å². The third-order valence-electron chi connectivity index (χ3n) is 3.47. The maximum atomic E-state index is 11.8. The van der Waals surface area contributed by atoms with Crippen LogP contribution >= 0.6 is 0 Å². The van der Waals surface area contributed by atoms with Crippen molar-refractivity contribution in [2.24, 2.45) is 5.73 Å². The van der Waals surface area contributed by atoms with Crippen molar-refractivity contribution >= 4 is 11.8 Å². The summed E-state index contributed by atoms with van der Waals surface area (Å²) in [6.45, 7) is 7.49. The molecule has 1 aromatic carbocycles. The van der Waals surface area contributed by atoms with Crippen LogP contribution in [0.25, 0.3) is 0 Å². The quantitative estimate of drug-likeness (QED) is 0.911. The lowest BCUT2D eigenvalue weighted by Gasteiger charge is -2.23. The first-order valence-electron chi connectivity index (χ1n) is 6.70. The molecule has 0 spiro atoms. The van der Waals surface area contributed by atoms with Gasteiger partial charge in [0.05, 0.1) is 6.04 Å². The zero-order chi connectivity index (χ0) is 14.0. The molecule has 104 valence electrons. The Morgan fingerprint density at radius 1 is 1.32 bits per heavy atom. The molecule has 0 bridgehead atoms. The van der Waals surface area contributed by atoms with E-state index in [1.807, 2.05) is 12.1 Å². The molecule has 1 aliphatic heterocycles. The van der Waals surface area contributed by atoms with E-state index in [9.17, 15) is 4.79 Å². The smallest absolute Gasteiger partial charge is 0.414 e. The van der Waals surface area contributed by atoms with Gasteiger partial charge in [-0.25, -0.2) is 4.79 Å². The standard InChI is InChI=1S/C15H22N2O2/c1-15(2,3)11-4-6-12(7-5-11)17-13(8-9-16)10-19-14(17)18/h4-7,13H,8-10,16H2,1-3H3. The van der Waals surface area contributed by atoms with E-state index in [-0.39, 0.29) is 17.6 Å². The van der Waals surface area contributed by atoms with Crippen LogP contribution in [-0.4, -0.2) is 25.3 Å². The lowest BCUT2D eigenvalue weighted by molar-refractivity contribution is 0.178. The second-order valence-corrected chi connectivity index (χ2v) is 5.97. The highest BCUT2D eigenvalue weighted by Gasteiger charge is 2.33. The van der Waals surface area contributed by atoms with Gasteiger partial charge in [-0.05, 0) is 36.1 Å². The molecule has 4 nitrogen and oxygen atoms in total. The normalized spacial score (nSPS) is 19.7.